The molecule has 0 amide bonds. The third-order valence-electron chi connectivity index (χ3n) is 10.8. The summed E-state index contributed by atoms with van der Waals surface area (Å²) in [6.45, 7) is 8.04. The Morgan fingerprint density at radius 1 is 1.22 bits per heavy atom. The number of carbonyl (C=O) groups is 2. The van der Waals surface area contributed by atoms with E-state index in [1.165, 1.54) is 12.5 Å². The van der Waals surface area contributed by atoms with Gasteiger partial charge in [-0.2, -0.15) is 5.10 Å². The number of allylic oxidation sites excluding steroid dienone is 1. The number of Topliss-reactive ketones (excluding diaryl/α,β-unsaturated/α-hetero) is 1. The number of rotatable bonds is 3. The highest BCUT2D eigenvalue weighted by Gasteiger charge is 2.68. The van der Waals surface area contributed by atoms with Gasteiger partial charge in [-0.1, -0.05) is 32.4 Å². The maximum absolute atomic E-state index is 12.6. The van der Waals surface area contributed by atoms with Crippen LogP contribution in [0.3, 0.4) is 0 Å². The minimum absolute atomic E-state index is 0.0363. The second-order valence-electron chi connectivity index (χ2n) is 12.6. The number of ketones is 1. The van der Waals surface area contributed by atoms with Crippen molar-refractivity contribution < 1.29 is 24.9 Å². The number of carboxylic acids is 1. The Hall–Kier alpha value is -2.77. The number of aromatic carboxylic acids is 1. The lowest BCUT2D eigenvalue weighted by molar-refractivity contribution is -0.180. The molecule has 0 aliphatic heterocycles. The number of benzene rings is 1. The molecule has 2 aromatic rings. The summed E-state index contributed by atoms with van der Waals surface area (Å²) in [7, 11) is 0. The number of aliphatic hydroxyl groups excluding tert-OH is 1. The minimum atomic E-state index is -1.37. The summed E-state index contributed by atoms with van der Waals surface area (Å²) in [6.07, 6.45) is 6.96. The van der Waals surface area contributed by atoms with E-state index in [1.807, 2.05) is 19.2 Å². The highest BCUT2D eigenvalue weighted by molar-refractivity contribution is 5.88. The third kappa shape index (κ3) is 3.23. The Balaban J connectivity index is 1.39. The van der Waals surface area contributed by atoms with E-state index < -0.39 is 23.1 Å². The second kappa shape index (κ2) is 7.87. The Morgan fingerprint density at radius 2 is 1.97 bits per heavy atom. The van der Waals surface area contributed by atoms with Crippen molar-refractivity contribution in [1.29, 1.82) is 0 Å². The molecule has 3 N–H and O–H groups in total. The fourth-order valence-electron chi connectivity index (χ4n) is 9.12. The van der Waals surface area contributed by atoms with Gasteiger partial charge in [0, 0.05) is 11.6 Å². The van der Waals surface area contributed by atoms with Crippen LogP contribution in [0.25, 0.3) is 11.8 Å². The predicted octanol–water partition coefficient (Wildman–Crippen LogP) is 4.29. The SMILES string of the molecule is CC(=O)[C@@]1(O)CC[C@H]2[C@@H]3C[C@H](C)C4=Cc5nn(-c6cccc(C(=O)O)c6)cc5C[C@]4(C)[C@H]3[C@@H](O)C[C@@]21C. The molecule has 3 saturated carbocycles. The molecule has 6 rings (SSSR count). The van der Waals surface area contributed by atoms with E-state index >= 15 is 0 Å². The van der Waals surface area contributed by atoms with Crippen LogP contribution in [0.1, 0.15) is 75.0 Å². The van der Waals surface area contributed by atoms with Crippen LogP contribution in [0.2, 0.25) is 0 Å². The summed E-state index contributed by atoms with van der Waals surface area (Å²) in [4.78, 5) is 24.1. The Labute approximate surface area is 217 Å². The van der Waals surface area contributed by atoms with Gasteiger partial charge in [0.25, 0.3) is 0 Å². The van der Waals surface area contributed by atoms with Gasteiger partial charge in [0.15, 0.2) is 5.78 Å². The van der Waals surface area contributed by atoms with Crippen LogP contribution in [0.4, 0.5) is 0 Å². The van der Waals surface area contributed by atoms with E-state index in [0.29, 0.717) is 24.4 Å². The molecule has 4 aliphatic rings. The van der Waals surface area contributed by atoms with Gasteiger partial charge in [-0.05, 0) is 98.0 Å². The van der Waals surface area contributed by atoms with Crippen molar-refractivity contribution in [3.05, 3.63) is 52.9 Å². The topological polar surface area (TPSA) is 113 Å². The van der Waals surface area contributed by atoms with E-state index in [0.717, 1.165) is 30.5 Å². The molecule has 1 aromatic heterocycles. The van der Waals surface area contributed by atoms with Gasteiger partial charge < -0.3 is 15.3 Å². The number of carbonyl (C=O) groups excluding carboxylic acids is 1. The second-order valence-corrected chi connectivity index (χ2v) is 12.6. The zero-order chi connectivity index (χ0) is 26.5. The van der Waals surface area contributed by atoms with Gasteiger partial charge in [0.2, 0.25) is 0 Å². The average molecular weight is 505 g/mol. The van der Waals surface area contributed by atoms with Gasteiger partial charge >= 0.3 is 5.97 Å². The van der Waals surface area contributed by atoms with Gasteiger partial charge in [-0.15, -0.1) is 0 Å². The Kier molecular flexibility index (Phi) is 5.22. The molecule has 0 unspecified atom stereocenters. The molecule has 0 bridgehead atoms. The average Bonchev–Trinajstić information content (AvgIpc) is 3.36. The summed E-state index contributed by atoms with van der Waals surface area (Å²) < 4.78 is 1.76. The highest BCUT2D eigenvalue weighted by Crippen LogP contribution is 2.68. The Morgan fingerprint density at radius 3 is 2.68 bits per heavy atom. The van der Waals surface area contributed by atoms with Crippen molar-refractivity contribution >= 4 is 17.8 Å². The highest BCUT2D eigenvalue weighted by atomic mass is 16.4. The van der Waals surface area contributed by atoms with Crippen LogP contribution in [-0.2, 0) is 11.2 Å². The first-order chi connectivity index (χ1) is 17.4. The van der Waals surface area contributed by atoms with Gasteiger partial charge in [0.05, 0.1) is 23.0 Å². The lowest BCUT2D eigenvalue weighted by Crippen LogP contribution is -2.62. The fraction of sp³-hybridized carbons (Fsp3) is 0.567. The quantitative estimate of drug-likeness (QED) is 0.575. The van der Waals surface area contributed by atoms with Crippen molar-refractivity contribution in [1.82, 2.24) is 9.78 Å². The molecule has 0 radical (unpaired) electrons. The van der Waals surface area contributed by atoms with Crippen LogP contribution in [0.5, 0.6) is 0 Å². The standard InChI is InChI=1S/C30H36N2O5/c1-16-10-21-22-8-9-30(37,17(2)33)29(22,4)14-25(34)26(21)28(3)13-19-15-32(31-24(19)12-23(16)28)20-7-5-6-18(11-20)27(35)36/h5-7,11-12,15-16,21-22,25-26,34,37H,8-10,13-14H2,1-4H3,(H,35,36)/t16-,21-,22-,25-,26+,28-,29-,30-/m0/s1. The van der Waals surface area contributed by atoms with E-state index in [-0.39, 0.29) is 34.5 Å². The van der Waals surface area contributed by atoms with Gasteiger partial charge in [-0.3, -0.25) is 4.79 Å². The van der Waals surface area contributed by atoms with Crippen LogP contribution in [0, 0.1) is 34.5 Å². The largest absolute Gasteiger partial charge is 0.478 e. The first kappa shape index (κ1) is 24.6. The third-order valence-corrected chi connectivity index (χ3v) is 10.8. The van der Waals surface area contributed by atoms with E-state index in [4.69, 9.17) is 5.10 Å². The maximum Gasteiger partial charge on any atom is 0.335 e. The van der Waals surface area contributed by atoms with Crippen molar-refractivity contribution in [2.75, 3.05) is 0 Å². The molecule has 7 nitrogen and oxygen atoms in total. The van der Waals surface area contributed by atoms with E-state index in [1.54, 1.807) is 22.9 Å². The Bertz CT molecular complexity index is 1350. The molecule has 8 atom stereocenters. The summed E-state index contributed by atoms with van der Waals surface area (Å²) in [5, 5.41) is 37.4. The zero-order valence-corrected chi connectivity index (χ0v) is 21.9. The first-order valence-corrected chi connectivity index (χ1v) is 13.4. The number of aromatic nitrogens is 2. The fourth-order valence-corrected chi connectivity index (χ4v) is 9.12. The molecule has 3 fully saturated rings. The molecule has 0 spiro atoms. The maximum atomic E-state index is 12.6. The smallest absolute Gasteiger partial charge is 0.335 e. The van der Waals surface area contributed by atoms with Crippen molar-refractivity contribution in [2.45, 2.75) is 71.5 Å². The van der Waals surface area contributed by atoms with Crippen LogP contribution in [0.15, 0.2) is 36.0 Å². The van der Waals surface area contributed by atoms with Crippen molar-refractivity contribution in [3.63, 3.8) is 0 Å². The molecule has 7 heteroatoms. The van der Waals surface area contributed by atoms with Crippen molar-refractivity contribution in [3.8, 4) is 5.69 Å². The van der Waals surface area contributed by atoms with Gasteiger partial charge in [-0.25, -0.2) is 9.48 Å². The van der Waals surface area contributed by atoms with Crippen LogP contribution >= 0.6 is 0 Å². The predicted molar refractivity (Wildman–Crippen MR) is 138 cm³/mol. The molecular formula is C30H36N2O5. The molecule has 4 aliphatic carbocycles. The van der Waals surface area contributed by atoms with Crippen LogP contribution < -0.4 is 0 Å². The monoisotopic (exact) mass is 504 g/mol. The summed E-state index contributed by atoms with van der Waals surface area (Å²) in [6, 6.07) is 6.78. The molecule has 1 aromatic carbocycles. The number of carboxylic acid groups (broad SMARTS) is 1. The lowest BCUT2D eigenvalue weighted by atomic mass is 9.44. The molecule has 1 heterocycles. The van der Waals surface area contributed by atoms with Gasteiger partial charge in [0.1, 0.15) is 5.60 Å². The number of fused-ring (bicyclic) bond motifs is 6. The number of hydrogen-bond donors (Lipinski definition) is 3. The summed E-state index contributed by atoms with van der Waals surface area (Å²) in [5.74, 6) is -0.405. The molecule has 196 valence electrons. The summed E-state index contributed by atoms with van der Waals surface area (Å²) in [5.41, 5.74) is 1.99. The van der Waals surface area contributed by atoms with E-state index in [2.05, 4.69) is 19.9 Å². The number of aliphatic hydroxyl groups is 2. The zero-order valence-electron chi connectivity index (χ0n) is 21.9. The summed E-state index contributed by atoms with van der Waals surface area (Å²) >= 11 is 0. The lowest BCUT2D eigenvalue weighted by Gasteiger charge is -2.61. The van der Waals surface area contributed by atoms with Crippen LogP contribution in [-0.4, -0.2) is 48.6 Å². The number of hydrogen-bond acceptors (Lipinski definition) is 5. The molecule has 37 heavy (non-hydrogen) atoms. The van der Waals surface area contributed by atoms with E-state index in [9.17, 15) is 24.9 Å². The molecule has 0 saturated heterocycles. The molecular weight excluding hydrogens is 468 g/mol. The number of nitrogens with zero attached hydrogens (tertiary/aromatic N) is 2. The van der Waals surface area contributed by atoms with Crippen molar-refractivity contribution in [2.24, 2.45) is 34.5 Å². The minimum Gasteiger partial charge on any atom is -0.478 e. The first-order valence-electron chi connectivity index (χ1n) is 13.4. The normalized spacial score (nSPS) is 40.2.